The summed E-state index contributed by atoms with van der Waals surface area (Å²) >= 11 is 0. The molecule has 0 fully saturated rings. The molecule has 0 aliphatic heterocycles. The summed E-state index contributed by atoms with van der Waals surface area (Å²) in [5.41, 5.74) is 2.02. The normalized spacial score (nSPS) is 10.9. The van der Waals surface area contributed by atoms with Gasteiger partial charge in [0.15, 0.2) is 9.84 Å². The van der Waals surface area contributed by atoms with Crippen LogP contribution < -0.4 is 4.74 Å². The van der Waals surface area contributed by atoms with E-state index in [9.17, 15) is 8.42 Å². The Balaban J connectivity index is 2.30. The topological polar surface area (TPSA) is 67.2 Å². The molecule has 0 atom stereocenters. The number of rotatable bonds is 4. The smallest absolute Gasteiger partial charge is 0.182 e. The second-order valence-electron chi connectivity index (χ2n) is 4.69. The standard InChI is InChI=1S/C16H15NO3S/c1-12-9-13(10-17)3-4-14(12)11-21(18,19)16-7-5-15(20-2)6-8-16/h3-9H,11H2,1-2H3. The molecule has 108 valence electrons. The van der Waals surface area contributed by atoms with Crippen LogP contribution in [-0.4, -0.2) is 15.5 Å². The van der Waals surface area contributed by atoms with Gasteiger partial charge in [0, 0.05) is 0 Å². The van der Waals surface area contributed by atoms with Gasteiger partial charge < -0.3 is 4.74 Å². The van der Waals surface area contributed by atoms with Crippen molar-refractivity contribution < 1.29 is 13.2 Å². The third-order valence-electron chi connectivity index (χ3n) is 3.24. The van der Waals surface area contributed by atoms with Crippen molar-refractivity contribution in [3.05, 3.63) is 59.2 Å². The Morgan fingerprint density at radius 3 is 2.33 bits per heavy atom. The summed E-state index contributed by atoms with van der Waals surface area (Å²) in [6.07, 6.45) is 0. The van der Waals surface area contributed by atoms with Crippen LogP contribution in [0.4, 0.5) is 0 Å². The van der Waals surface area contributed by atoms with E-state index in [0.717, 1.165) is 5.56 Å². The van der Waals surface area contributed by atoms with Gasteiger partial charge in [-0.25, -0.2) is 8.42 Å². The zero-order valence-corrected chi connectivity index (χ0v) is 12.6. The van der Waals surface area contributed by atoms with E-state index in [4.69, 9.17) is 10.00 Å². The first-order chi connectivity index (χ1) is 9.96. The van der Waals surface area contributed by atoms with Crippen LogP contribution >= 0.6 is 0 Å². The van der Waals surface area contributed by atoms with Crippen LogP contribution in [0.25, 0.3) is 0 Å². The highest BCUT2D eigenvalue weighted by Crippen LogP contribution is 2.21. The third-order valence-corrected chi connectivity index (χ3v) is 4.92. The number of nitrogens with zero attached hydrogens (tertiary/aromatic N) is 1. The Morgan fingerprint density at radius 2 is 1.81 bits per heavy atom. The van der Waals surface area contributed by atoms with Crippen LogP contribution in [0.5, 0.6) is 5.75 Å². The minimum absolute atomic E-state index is 0.0864. The minimum atomic E-state index is -3.42. The number of nitriles is 1. The highest BCUT2D eigenvalue weighted by Gasteiger charge is 2.16. The van der Waals surface area contributed by atoms with Crippen LogP contribution in [-0.2, 0) is 15.6 Å². The van der Waals surface area contributed by atoms with E-state index in [-0.39, 0.29) is 10.6 Å². The summed E-state index contributed by atoms with van der Waals surface area (Å²) in [4.78, 5) is 0.257. The fourth-order valence-electron chi connectivity index (χ4n) is 2.00. The monoisotopic (exact) mass is 301 g/mol. The van der Waals surface area contributed by atoms with E-state index in [1.165, 1.54) is 19.2 Å². The van der Waals surface area contributed by atoms with Gasteiger partial charge >= 0.3 is 0 Å². The van der Waals surface area contributed by atoms with Crippen molar-refractivity contribution in [1.29, 1.82) is 5.26 Å². The van der Waals surface area contributed by atoms with E-state index < -0.39 is 9.84 Å². The van der Waals surface area contributed by atoms with Crippen LogP contribution in [0.15, 0.2) is 47.4 Å². The van der Waals surface area contributed by atoms with E-state index in [2.05, 4.69) is 0 Å². The lowest BCUT2D eigenvalue weighted by atomic mass is 10.1. The molecule has 5 heteroatoms. The van der Waals surface area contributed by atoms with E-state index in [1.54, 1.807) is 37.3 Å². The van der Waals surface area contributed by atoms with Crippen molar-refractivity contribution in [2.45, 2.75) is 17.6 Å². The molecule has 2 rings (SSSR count). The van der Waals surface area contributed by atoms with Gasteiger partial charge in [-0.1, -0.05) is 6.07 Å². The first-order valence-electron chi connectivity index (χ1n) is 6.33. The molecule has 0 unspecified atom stereocenters. The fraction of sp³-hybridized carbons (Fsp3) is 0.188. The second kappa shape index (κ2) is 5.98. The molecule has 0 aromatic heterocycles. The maximum Gasteiger partial charge on any atom is 0.182 e. The van der Waals surface area contributed by atoms with Crippen LogP contribution in [0.2, 0.25) is 0 Å². The number of aryl methyl sites for hydroxylation is 1. The molecule has 0 amide bonds. The van der Waals surface area contributed by atoms with Crippen LogP contribution in [0.3, 0.4) is 0 Å². The molecule has 0 N–H and O–H groups in total. The van der Waals surface area contributed by atoms with Crippen molar-refractivity contribution in [3.8, 4) is 11.8 Å². The van der Waals surface area contributed by atoms with Crippen molar-refractivity contribution >= 4 is 9.84 Å². The Hall–Kier alpha value is -2.32. The van der Waals surface area contributed by atoms with Gasteiger partial charge in [0.05, 0.1) is 29.4 Å². The summed E-state index contributed by atoms with van der Waals surface area (Å²) in [7, 11) is -1.89. The van der Waals surface area contributed by atoms with Gasteiger partial charge in [-0.2, -0.15) is 5.26 Å². The highest BCUT2D eigenvalue weighted by atomic mass is 32.2. The van der Waals surface area contributed by atoms with E-state index in [0.29, 0.717) is 16.9 Å². The summed E-state index contributed by atoms with van der Waals surface area (Å²) in [5, 5.41) is 8.83. The molecule has 0 saturated heterocycles. The van der Waals surface area contributed by atoms with Gasteiger partial charge in [0.25, 0.3) is 0 Å². The van der Waals surface area contributed by atoms with E-state index in [1.807, 2.05) is 6.07 Å². The largest absolute Gasteiger partial charge is 0.497 e. The lowest BCUT2D eigenvalue weighted by molar-refractivity contribution is 0.414. The number of sulfone groups is 1. The number of hydrogen-bond acceptors (Lipinski definition) is 4. The molecule has 0 saturated carbocycles. The molecule has 0 aliphatic carbocycles. The summed E-state index contributed by atoms with van der Waals surface area (Å²) in [5.74, 6) is 0.528. The summed E-state index contributed by atoms with van der Waals surface area (Å²) in [6, 6.07) is 13.4. The fourth-order valence-corrected chi connectivity index (χ4v) is 3.45. The Morgan fingerprint density at radius 1 is 1.14 bits per heavy atom. The Kier molecular flexibility index (Phi) is 4.29. The van der Waals surface area contributed by atoms with Gasteiger partial charge in [0.2, 0.25) is 0 Å². The quantitative estimate of drug-likeness (QED) is 0.871. The number of benzene rings is 2. The molecule has 2 aromatic carbocycles. The Labute approximate surface area is 124 Å². The highest BCUT2D eigenvalue weighted by molar-refractivity contribution is 7.90. The number of hydrogen-bond donors (Lipinski definition) is 0. The van der Waals surface area contributed by atoms with Crippen molar-refractivity contribution in [2.75, 3.05) is 7.11 Å². The summed E-state index contributed by atoms with van der Waals surface area (Å²) < 4.78 is 29.8. The first-order valence-corrected chi connectivity index (χ1v) is 7.98. The van der Waals surface area contributed by atoms with Gasteiger partial charge in [0.1, 0.15) is 5.75 Å². The molecule has 4 nitrogen and oxygen atoms in total. The maximum atomic E-state index is 12.4. The average Bonchev–Trinajstić information content (AvgIpc) is 2.49. The molecule has 0 aliphatic rings. The molecular formula is C16H15NO3S. The molecule has 0 heterocycles. The number of methoxy groups -OCH3 is 1. The summed E-state index contributed by atoms with van der Waals surface area (Å²) in [6.45, 7) is 1.81. The van der Waals surface area contributed by atoms with Gasteiger partial charge in [-0.3, -0.25) is 0 Å². The molecule has 0 spiro atoms. The van der Waals surface area contributed by atoms with Crippen molar-refractivity contribution in [3.63, 3.8) is 0 Å². The zero-order valence-electron chi connectivity index (χ0n) is 11.8. The van der Waals surface area contributed by atoms with Crippen LogP contribution in [0, 0.1) is 18.3 Å². The maximum absolute atomic E-state index is 12.4. The molecule has 21 heavy (non-hydrogen) atoms. The average molecular weight is 301 g/mol. The lowest BCUT2D eigenvalue weighted by Gasteiger charge is -2.08. The van der Waals surface area contributed by atoms with Crippen LogP contribution in [0.1, 0.15) is 16.7 Å². The first kappa shape index (κ1) is 15.1. The molecule has 2 aromatic rings. The number of ether oxygens (including phenoxy) is 1. The molecule has 0 bridgehead atoms. The predicted octanol–water partition coefficient (Wildman–Crippen LogP) is 2.85. The van der Waals surface area contributed by atoms with E-state index >= 15 is 0 Å². The van der Waals surface area contributed by atoms with Gasteiger partial charge in [-0.05, 0) is 54.4 Å². The Bertz CT molecular complexity index is 787. The van der Waals surface area contributed by atoms with Crippen molar-refractivity contribution in [2.24, 2.45) is 0 Å². The molecular weight excluding hydrogens is 286 g/mol. The SMILES string of the molecule is COc1ccc(S(=O)(=O)Cc2ccc(C#N)cc2C)cc1. The third kappa shape index (κ3) is 3.41. The molecule has 0 radical (unpaired) electrons. The van der Waals surface area contributed by atoms with Gasteiger partial charge in [-0.15, -0.1) is 0 Å². The predicted molar refractivity (Wildman–Crippen MR) is 79.8 cm³/mol. The second-order valence-corrected chi connectivity index (χ2v) is 6.68. The lowest BCUT2D eigenvalue weighted by Crippen LogP contribution is -2.06. The van der Waals surface area contributed by atoms with Crippen molar-refractivity contribution in [1.82, 2.24) is 0 Å². The minimum Gasteiger partial charge on any atom is -0.497 e. The zero-order chi connectivity index (χ0) is 15.5.